The summed E-state index contributed by atoms with van der Waals surface area (Å²) in [6.45, 7) is 4.60. The number of rotatable bonds is 4. The normalized spacial score (nSPS) is 10.3. The fraction of sp³-hybridized carbons (Fsp3) is 0.250. The molecule has 0 heterocycles. The molecule has 3 heteroatoms. The van der Waals surface area contributed by atoms with Gasteiger partial charge in [0.15, 0.2) is 0 Å². The van der Waals surface area contributed by atoms with Crippen LogP contribution in [0.3, 0.4) is 0 Å². The van der Waals surface area contributed by atoms with Crippen molar-refractivity contribution < 1.29 is 4.74 Å². The van der Waals surface area contributed by atoms with Crippen LogP contribution in [0.5, 0.6) is 5.75 Å². The Morgan fingerprint density at radius 2 is 1.95 bits per heavy atom. The van der Waals surface area contributed by atoms with Crippen molar-refractivity contribution >= 4 is 17.3 Å². The van der Waals surface area contributed by atoms with E-state index < -0.39 is 0 Å². The van der Waals surface area contributed by atoms with Crippen molar-refractivity contribution in [1.82, 2.24) is 0 Å². The third kappa shape index (κ3) is 3.21. The quantitative estimate of drug-likeness (QED) is 0.882. The first kappa shape index (κ1) is 13.8. The Bertz CT molecular complexity index is 581. The lowest BCUT2D eigenvalue weighted by molar-refractivity contribution is 0.306. The second kappa shape index (κ2) is 5.98. The zero-order chi connectivity index (χ0) is 13.8. The largest absolute Gasteiger partial charge is 0.487 e. The summed E-state index contributed by atoms with van der Waals surface area (Å²) in [5, 5.41) is 3.84. The van der Waals surface area contributed by atoms with E-state index in [0.717, 1.165) is 22.6 Å². The number of hydrogen-bond donors (Lipinski definition) is 1. The van der Waals surface area contributed by atoms with E-state index in [1.54, 1.807) is 0 Å². The smallest absolute Gasteiger partial charge is 0.138 e. The highest BCUT2D eigenvalue weighted by Crippen LogP contribution is 2.27. The minimum atomic E-state index is 0.506. The highest BCUT2D eigenvalue weighted by molar-refractivity contribution is 6.32. The molecule has 0 aromatic heterocycles. The van der Waals surface area contributed by atoms with Crippen LogP contribution >= 0.6 is 11.6 Å². The van der Waals surface area contributed by atoms with Gasteiger partial charge in [-0.05, 0) is 43.2 Å². The molecule has 0 amide bonds. The zero-order valence-corrected chi connectivity index (χ0v) is 12.2. The van der Waals surface area contributed by atoms with Gasteiger partial charge in [-0.25, -0.2) is 0 Å². The van der Waals surface area contributed by atoms with Gasteiger partial charge in [-0.15, -0.1) is 0 Å². The second-order valence-corrected chi connectivity index (χ2v) is 4.98. The van der Waals surface area contributed by atoms with Crippen molar-refractivity contribution in [3.63, 3.8) is 0 Å². The minimum Gasteiger partial charge on any atom is -0.487 e. The van der Waals surface area contributed by atoms with Crippen molar-refractivity contribution in [3.05, 3.63) is 58.1 Å². The molecule has 0 bridgehead atoms. The molecule has 19 heavy (non-hydrogen) atoms. The van der Waals surface area contributed by atoms with Crippen LogP contribution in [0, 0.1) is 13.8 Å². The molecule has 0 aliphatic rings. The maximum absolute atomic E-state index is 6.17. The first-order chi connectivity index (χ1) is 9.11. The lowest BCUT2D eigenvalue weighted by atomic mass is 10.1. The van der Waals surface area contributed by atoms with Gasteiger partial charge in [0, 0.05) is 18.3 Å². The van der Waals surface area contributed by atoms with E-state index in [9.17, 15) is 0 Å². The maximum Gasteiger partial charge on any atom is 0.138 e. The van der Waals surface area contributed by atoms with Crippen LogP contribution in [0.25, 0.3) is 0 Å². The van der Waals surface area contributed by atoms with Gasteiger partial charge in [0.2, 0.25) is 0 Å². The number of ether oxygens (including phenoxy) is 1. The molecule has 0 saturated carbocycles. The van der Waals surface area contributed by atoms with Gasteiger partial charge < -0.3 is 10.1 Å². The average molecular weight is 276 g/mol. The molecule has 0 radical (unpaired) electrons. The summed E-state index contributed by atoms with van der Waals surface area (Å²) in [7, 11) is 1.91. The molecule has 0 fully saturated rings. The molecular formula is C16H18ClNO. The van der Waals surface area contributed by atoms with Gasteiger partial charge in [0.25, 0.3) is 0 Å². The van der Waals surface area contributed by atoms with Gasteiger partial charge in [-0.1, -0.05) is 29.8 Å². The molecular weight excluding hydrogens is 258 g/mol. The van der Waals surface area contributed by atoms with Gasteiger partial charge in [0.05, 0.1) is 5.02 Å². The van der Waals surface area contributed by atoms with Crippen LogP contribution in [-0.4, -0.2) is 7.05 Å². The number of anilines is 1. The summed E-state index contributed by atoms with van der Waals surface area (Å²) in [5.41, 5.74) is 4.57. The number of benzene rings is 2. The second-order valence-electron chi connectivity index (χ2n) is 4.57. The molecule has 2 aromatic carbocycles. The summed E-state index contributed by atoms with van der Waals surface area (Å²) >= 11 is 6.17. The number of aryl methyl sites for hydroxylation is 2. The van der Waals surface area contributed by atoms with E-state index in [-0.39, 0.29) is 0 Å². The average Bonchev–Trinajstić information content (AvgIpc) is 2.39. The van der Waals surface area contributed by atoms with Crippen molar-refractivity contribution in [3.8, 4) is 5.75 Å². The Hall–Kier alpha value is -1.67. The van der Waals surface area contributed by atoms with Gasteiger partial charge in [-0.3, -0.25) is 0 Å². The number of nitrogens with one attached hydrogen (secondary N) is 1. The molecule has 1 N–H and O–H groups in total. The summed E-state index contributed by atoms with van der Waals surface area (Å²) < 4.78 is 5.83. The lowest BCUT2D eigenvalue weighted by Gasteiger charge is -2.14. The van der Waals surface area contributed by atoms with Crippen LogP contribution in [0.1, 0.15) is 16.7 Å². The third-order valence-corrected chi connectivity index (χ3v) is 3.43. The highest BCUT2D eigenvalue weighted by Gasteiger charge is 2.07. The Kier molecular flexibility index (Phi) is 4.33. The molecule has 0 aliphatic carbocycles. The molecule has 100 valence electrons. The predicted molar refractivity (Wildman–Crippen MR) is 81.2 cm³/mol. The van der Waals surface area contributed by atoms with Crippen LogP contribution in [0.2, 0.25) is 5.02 Å². The van der Waals surface area contributed by atoms with E-state index in [4.69, 9.17) is 16.3 Å². The number of halogens is 1. The van der Waals surface area contributed by atoms with Gasteiger partial charge >= 0.3 is 0 Å². The molecule has 2 aromatic rings. The van der Waals surface area contributed by atoms with Crippen LogP contribution in [-0.2, 0) is 6.61 Å². The predicted octanol–water partition coefficient (Wildman–Crippen LogP) is 4.58. The topological polar surface area (TPSA) is 21.3 Å². The van der Waals surface area contributed by atoms with Crippen molar-refractivity contribution in [2.24, 2.45) is 0 Å². The SMILES string of the molecule is CNc1cccc(C)c1COc1ccc(C)cc1Cl. The molecule has 2 rings (SSSR count). The molecule has 0 spiro atoms. The van der Waals surface area contributed by atoms with Crippen molar-refractivity contribution in [2.45, 2.75) is 20.5 Å². The van der Waals surface area contributed by atoms with Crippen LogP contribution in [0.4, 0.5) is 5.69 Å². The Balaban J connectivity index is 2.19. The van der Waals surface area contributed by atoms with E-state index in [2.05, 4.69) is 18.3 Å². The Labute approximate surface area is 119 Å². The van der Waals surface area contributed by atoms with Gasteiger partial charge in [-0.2, -0.15) is 0 Å². The molecule has 0 aliphatic heterocycles. The molecule has 2 nitrogen and oxygen atoms in total. The Morgan fingerprint density at radius 1 is 1.16 bits per heavy atom. The zero-order valence-electron chi connectivity index (χ0n) is 11.5. The summed E-state index contributed by atoms with van der Waals surface area (Å²) in [6.07, 6.45) is 0. The summed E-state index contributed by atoms with van der Waals surface area (Å²) in [6, 6.07) is 12.0. The van der Waals surface area contributed by atoms with E-state index >= 15 is 0 Å². The van der Waals surface area contributed by atoms with E-state index in [0.29, 0.717) is 11.6 Å². The fourth-order valence-electron chi connectivity index (χ4n) is 2.00. The lowest BCUT2D eigenvalue weighted by Crippen LogP contribution is -2.03. The van der Waals surface area contributed by atoms with Crippen molar-refractivity contribution in [2.75, 3.05) is 12.4 Å². The Morgan fingerprint density at radius 3 is 2.63 bits per heavy atom. The fourth-order valence-corrected chi connectivity index (χ4v) is 2.29. The number of hydrogen-bond acceptors (Lipinski definition) is 2. The highest BCUT2D eigenvalue weighted by atomic mass is 35.5. The first-order valence-electron chi connectivity index (χ1n) is 6.27. The van der Waals surface area contributed by atoms with Crippen molar-refractivity contribution in [1.29, 1.82) is 0 Å². The minimum absolute atomic E-state index is 0.506. The first-order valence-corrected chi connectivity index (χ1v) is 6.65. The molecule has 0 saturated heterocycles. The summed E-state index contributed by atoms with van der Waals surface area (Å²) in [4.78, 5) is 0. The standard InChI is InChI=1S/C16H18ClNO/c1-11-7-8-16(14(17)9-11)19-10-13-12(2)5-4-6-15(13)18-3/h4-9,18H,10H2,1-3H3. The molecule has 0 atom stereocenters. The van der Waals surface area contributed by atoms with Gasteiger partial charge in [0.1, 0.15) is 12.4 Å². The van der Waals surface area contributed by atoms with Crippen LogP contribution in [0.15, 0.2) is 36.4 Å². The monoisotopic (exact) mass is 275 g/mol. The van der Waals surface area contributed by atoms with E-state index in [1.165, 1.54) is 5.56 Å². The summed E-state index contributed by atoms with van der Waals surface area (Å²) in [5.74, 6) is 0.720. The molecule has 0 unspecified atom stereocenters. The van der Waals surface area contributed by atoms with E-state index in [1.807, 2.05) is 44.3 Å². The third-order valence-electron chi connectivity index (χ3n) is 3.14. The van der Waals surface area contributed by atoms with Crippen LogP contribution < -0.4 is 10.1 Å². The maximum atomic E-state index is 6.17.